The second-order valence-electron chi connectivity index (χ2n) is 20.6. The molecule has 0 fully saturated rings. The fraction of sp³-hybridized carbons (Fsp3) is 0.588. The highest BCUT2D eigenvalue weighted by molar-refractivity contribution is 7.45. The van der Waals surface area contributed by atoms with Crippen LogP contribution >= 0.6 is 7.82 Å². The number of likely N-dealkylation sites (N-methyl/N-ethyl adjacent to an activating group) is 1. The Morgan fingerprint density at radius 3 is 1.08 bits per heavy atom. The molecule has 78 heavy (non-hydrogen) atoms. The predicted molar refractivity (Wildman–Crippen MR) is 332 cm³/mol. The molecular formula is C68H110NO8P. The van der Waals surface area contributed by atoms with Crippen molar-refractivity contribution in [1.29, 1.82) is 0 Å². The van der Waals surface area contributed by atoms with Crippen molar-refractivity contribution >= 4 is 19.8 Å². The van der Waals surface area contributed by atoms with Crippen molar-refractivity contribution in [3.63, 3.8) is 0 Å². The van der Waals surface area contributed by atoms with E-state index in [0.29, 0.717) is 23.9 Å². The third-order valence-electron chi connectivity index (χ3n) is 12.1. The first kappa shape index (κ1) is 73.6. The Kier molecular flexibility index (Phi) is 54.1. The zero-order valence-corrected chi connectivity index (χ0v) is 50.7. The number of carbonyl (C=O) groups excluding carboxylic acids is 2. The SMILES string of the molecule is CC/C=C\C/C=C\C/C=C\C/C=C\C/C=C\C/C=C\C/C=C\C/C=C\C/C=C\CCCCCCCCCCCCCCCC(=O)OC(COC(=O)CC/C=C\C/C=C\C/C=C\C/C=C\CC)COP(=O)([O-])OCC[N+](C)(C)C. The van der Waals surface area contributed by atoms with Gasteiger partial charge in [0.25, 0.3) is 7.82 Å². The predicted octanol–water partition coefficient (Wildman–Crippen LogP) is 18.6. The molecule has 0 saturated heterocycles. The Bertz CT molecular complexity index is 1870. The van der Waals surface area contributed by atoms with Crippen LogP contribution in [0.1, 0.15) is 206 Å². The van der Waals surface area contributed by atoms with Crippen molar-refractivity contribution < 1.29 is 42.1 Å². The average molecular weight is 1100 g/mol. The molecule has 0 bridgehead atoms. The fourth-order valence-electron chi connectivity index (χ4n) is 7.48. The van der Waals surface area contributed by atoms with E-state index in [0.717, 1.165) is 103 Å². The number of ether oxygens (including phenoxy) is 2. The van der Waals surface area contributed by atoms with Crippen LogP contribution in [0.25, 0.3) is 0 Å². The van der Waals surface area contributed by atoms with Crippen LogP contribution < -0.4 is 4.89 Å². The maximum atomic E-state index is 12.8. The largest absolute Gasteiger partial charge is 0.756 e. The molecule has 0 radical (unpaired) electrons. The fourth-order valence-corrected chi connectivity index (χ4v) is 8.21. The van der Waals surface area contributed by atoms with E-state index in [1.807, 2.05) is 33.3 Å². The highest BCUT2D eigenvalue weighted by Gasteiger charge is 2.21. The van der Waals surface area contributed by atoms with Crippen molar-refractivity contribution in [2.24, 2.45) is 0 Å². The number of allylic oxidation sites excluding steroid dienone is 26. The quantitative estimate of drug-likeness (QED) is 0.0195. The Balaban J connectivity index is 4.07. The maximum absolute atomic E-state index is 12.8. The lowest BCUT2D eigenvalue weighted by atomic mass is 10.0. The monoisotopic (exact) mass is 1100 g/mol. The molecule has 0 aliphatic rings. The molecule has 0 saturated carbocycles. The summed E-state index contributed by atoms with van der Waals surface area (Å²) < 4.78 is 34.0. The van der Waals surface area contributed by atoms with E-state index in [1.165, 1.54) is 64.2 Å². The molecule has 0 aromatic rings. The lowest BCUT2D eigenvalue weighted by molar-refractivity contribution is -0.870. The van der Waals surface area contributed by atoms with Crippen LogP contribution in [0.2, 0.25) is 0 Å². The Labute approximate surface area is 477 Å². The Morgan fingerprint density at radius 2 is 0.718 bits per heavy atom. The first-order chi connectivity index (χ1) is 38.0. The minimum absolute atomic E-state index is 0.0487. The smallest absolute Gasteiger partial charge is 0.306 e. The molecule has 0 aliphatic carbocycles. The van der Waals surface area contributed by atoms with Gasteiger partial charge < -0.3 is 27.9 Å². The summed E-state index contributed by atoms with van der Waals surface area (Å²) in [5, 5.41) is 0. The number of phosphoric ester groups is 1. The van der Waals surface area contributed by atoms with Gasteiger partial charge in [-0.05, 0) is 109 Å². The normalized spacial score (nSPS) is 14.4. The van der Waals surface area contributed by atoms with E-state index in [9.17, 15) is 19.0 Å². The maximum Gasteiger partial charge on any atom is 0.306 e. The van der Waals surface area contributed by atoms with Gasteiger partial charge in [-0.15, -0.1) is 0 Å². The van der Waals surface area contributed by atoms with Crippen molar-refractivity contribution in [2.45, 2.75) is 213 Å². The summed E-state index contributed by atoms with van der Waals surface area (Å²) in [4.78, 5) is 37.7. The standard InChI is InChI=1S/C68H110NO8P/c1-6-8-10-12-14-16-18-20-21-22-23-24-25-26-27-28-29-30-31-32-33-34-35-36-37-38-39-40-41-42-43-44-45-46-47-49-51-53-55-57-59-61-68(71)77-66(65-76-78(72,73)75-63-62-69(3,4)5)64-74-67(70)60-58-56-54-52-50-48-19-17-15-13-11-9-7-2/h8-11,14-17,20-21,23-24,26-27,29-30,32-33,35-36,38-39,48,50,54,56,66H,6-7,12-13,18-19,22,25,28,31,34,37,40-47,49,51-53,55,57-65H2,1-5H3/b10-8-,11-9-,16-14-,17-15-,21-20-,24-23-,27-26-,30-29-,33-32-,36-35-,39-38-,50-48-,56-54-. The minimum atomic E-state index is -4.66. The van der Waals surface area contributed by atoms with Crippen molar-refractivity contribution in [2.75, 3.05) is 47.5 Å². The van der Waals surface area contributed by atoms with Crippen molar-refractivity contribution in [1.82, 2.24) is 0 Å². The van der Waals surface area contributed by atoms with E-state index >= 15 is 0 Å². The molecule has 0 N–H and O–H groups in total. The molecule has 0 heterocycles. The second-order valence-corrected chi connectivity index (χ2v) is 22.0. The molecule has 440 valence electrons. The van der Waals surface area contributed by atoms with E-state index in [2.05, 4.69) is 160 Å². The van der Waals surface area contributed by atoms with Gasteiger partial charge in [0, 0.05) is 12.8 Å². The van der Waals surface area contributed by atoms with Gasteiger partial charge in [0.05, 0.1) is 27.7 Å². The number of carbonyl (C=O) groups is 2. The summed E-state index contributed by atoms with van der Waals surface area (Å²) in [5.74, 6) is -0.940. The highest BCUT2D eigenvalue weighted by Crippen LogP contribution is 2.38. The number of hydrogen-bond acceptors (Lipinski definition) is 8. The summed E-state index contributed by atoms with van der Waals surface area (Å²) in [6, 6.07) is 0. The van der Waals surface area contributed by atoms with Crippen LogP contribution in [-0.2, 0) is 32.7 Å². The first-order valence-corrected chi connectivity index (χ1v) is 31.7. The molecule has 0 spiro atoms. The van der Waals surface area contributed by atoms with Crippen molar-refractivity contribution in [3.8, 4) is 0 Å². The topological polar surface area (TPSA) is 111 Å². The molecule has 0 aromatic heterocycles. The molecule has 0 aromatic carbocycles. The third kappa shape index (κ3) is 60.9. The minimum Gasteiger partial charge on any atom is -0.756 e. The Morgan fingerprint density at radius 1 is 0.397 bits per heavy atom. The number of nitrogens with zero attached hydrogens (tertiary/aromatic N) is 1. The molecule has 2 unspecified atom stereocenters. The number of rotatable bonds is 53. The van der Waals surface area contributed by atoms with Crippen LogP contribution in [0.5, 0.6) is 0 Å². The number of phosphoric acid groups is 1. The van der Waals surface area contributed by atoms with Gasteiger partial charge in [-0.2, -0.15) is 0 Å². The molecule has 9 nitrogen and oxygen atoms in total. The summed E-state index contributed by atoms with van der Waals surface area (Å²) in [6.07, 6.45) is 86.2. The molecule has 10 heteroatoms. The van der Waals surface area contributed by atoms with Gasteiger partial charge in [0.1, 0.15) is 19.8 Å². The lowest BCUT2D eigenvalue weighted by Gasteiger charge is -2.28. The number of esters is 2. The van der Waals surface area contributed by atoms with Gasteiger partial charge in [-0.1, -0.05) is 242 Å². The lowest BCUT2D eigenvalue weighted by Crippen LogP contribution is -2.37. The summed E-state index contributed by atoms with van der Waals surface area (Å²) in [5.41, 5.74) is 0. The van der Waals surface area contributed by atoms with Crippen molar-refractivity contribution in [3.05, 3.63) is 158 Å². The van der Waals surface area contributed by atoms with Crippen LogP contribution in [0.3, 0.4) is 0 Å². The zero-order chi connectivity index (χ0) is 57.0. The third-order valence-corrected chi connectivity index (χ3v) is 13.0. The van der Waals surface area contributed by atoms with E-state index in [4.69, 9.17) is 18.5 Å². The summed E-state index contributed by atoms with van der Waals surface area (Å²) >= 11 is 0. The van der Waals surface area contributed by atoms with Gasteiger partial charge in [0.15, 0.2) is 6.10 Å². The zero-order valence-electron chi connectivity index (χ0n) is 49.8. The molecular weight excluding hydrogens is 990 g/mol. The summed E-state index contributed by atoms with van der Waals surface area (Å²) in [6.45, 7) is 3.89. The van der Waals surface area contributed by atoms with Gasteiger partial charge >= 0.3 is 11.9 Å². The highest BCUT2D eigenvalue weighted by atomic mass is 31.2. The number of hydrogen-bond donors (Lipinski definition) is 0. The van der Waals surface area contributed by atoms with Crippen LogP contribution in [0.4, 0.5) is 0 Å². The second kappa shape index (κ2) is 57.3. The Hall–Kier alpha value is -4.37. The first-order valence-electron chi connectivity index (χ1n) is 30.2. The van der Waals surface area contributed by atoms with E-state index in [1.54, 1.807) is 0 Å². The van der Waals surface area contributed by atoms with Crippen LogP contribution in [-0.4, -0.2) is 70.0 Å². The summed E-state index contributed by atoms with van der Waals surface area (Å²) in [7, 11) is 1.11. The van der Waals surface area contributed by atoms with Crippen LogP contribution in [0, 0.1) is 0 Å². The molecule has 0 amide bonds. The number of quaternary nitrogens is 1. The molecule has 2 atom stereocenters. The number of unbranched alkanes of at least 4 members (excludes halogenated alkanes) is 13. The van der Waals surface area contributed by atoms with Gasteiger partial charge in [0.2, 0.25) is 0 Å². The van der Waals surface area contributed by atoms with E-state index in [-0.39, 0.29) is 26.1 Å². The van der Waals surface area contributed by atoms with Crippen LogP contribution in [0.15, 0.2) is 158 Å². The van der Waals surface area contributed by atoms with Gasteiger partial charge in [-0.25, -0.2) is 0 Å². The van der Waals surface area contributed by atoms with E-state index < -0.39 is 32.5 Å². The molecule has 0 rings (SSSR count). The molecule has 0 aliphatic heterocycles. The average Bonchev–Trinajstić information content (AvgIpc) is 3.40. The van der Waals surface area contributed by atoms with Gasteiger partial charge in [-0.3, -0.25) is 14.2 Å².